The molecule has 86 valence electrons. The number of anilines is 1. The summed E-state index contributed by atoms with van der Waals surface area (Å²) in [4.78, 5) is 25.9. The smallest absolute Gasteiger partial charge is 0.295 e. The van der Waals surface area contributed by atoms with Gasteiger partial charge in [-0.25, -0.2) is 0 Å². The molecule has 0 saturated carbocycles. The fraction of sp³-hybridized carbons (Fsp3) is 0.222. The lowest BCUT2D eigenvalue weighted by Crippen LogP contribution is -2.17. The topological polar surface area (TPSA) is 98.7 Å². The molecule has 1 rings (SSSR count). The molecule has 0 aromatic heterocycles. The van der Waals surface area contributed by atoms with E-state index in [9.17, 15) is 14.9 Å². The SMILES string of the molecule is CON(C)c1ccc(C(N)=O)cc1[N+](=O)[O-]. The van der Waals surface area contributed by atoms with E-state index in [1.807, 2.05) is 0 Å². The van der Waals surface area contributed by atoms with Crippen LogP contribution >= 0.6 is 0 Å². The Morgan fingerprint density at radius 1 is 1.56 bits per heavy atom. The van der Waals surface area contributed by atoms with Crippen molar-refractivity contribution in [3.05, 3.63) is 33.9 Å². The summed E-state index contributed by atoms with van der Waals surface area (Å²) < 4.78 is 0. The highest BCUT2D eigenvalue weighted by molar-refractivity contribution is 5.94. The summed E-state index contributed by atoms with van der Waals surface area (Å²) in [5.74, 6) is -0.713. The van der Waals surface area contributed by atoms with E-state index in [4.69, 9.17) is 10.6 Å². The Kier molecular flexibility index (Phi) is 3.41. The van der Waals surface area contributed by atoms with Crippen molar-refractivity contribution in [2.75, 3.05) is 19.2 Å². The first kappa shape index (κ1) is 11.9. The van der Waals surface area contributed by atoms with Gasteiger partial charge in [0.2, 0.25) is 5.91 Å². The first-order valence-electron chi connectivity index (χ1n) is 4.33. The number of nitro groups is 1. The molecule has 0 unspecified atom stereocenters. The highest BCUT2D eigenvalue weighted by Crippen LogP contribution is 2.28. The van der Waals surface area contributed by atoms with Gasteiger partial charge in [0.25, 0.3) is 5.69 Å². The van der Waals surface area contributed by atoms with Crippen LogP contribution in [0.15, 0.2) is 18.2 Å². The van der Waals surface area contributed by atoms with Crippen molar-refractivity contribution in [1.82, 2.24) is 0 Å². The molecule has 0 bridgehead atoms. The average molecular weight is 225 g/mol. The minimum atomic E-state index is -0.713. The number of amides is 1. The average Bonchev–Trinajstić information content (AvgIpc) is 2.26. The Morgan fingerprint density at radius 2 is 2.19 bits per heavy atom. The van der Waals surface area contributed by atoms with Gasteiger partial charge in [0, 0.05) is 18.7 Å². The van der Waals surface area contributed by atoms with Crippen LogP contribution in [0.4, 0.5) is 11.4 Å². The molecule has 0 atom stereocenters. The number of nitrogens with two attached hydrogens (primary N) is 1. The van der Waals surface area contributed by atoms with Crippen LogP contribution in [-0.4, -0.2) is 25.0 Å². The van der Waals surface area contributed by atoms with Gasteiger partial charge in [-0.2, -0.15) is 0 Å². The summed E-state index contributed by atoms with van der Waals surface area (Å²) in [6.45, 7) is 0. The molecule has 1 aromatic carbocycles. The number of hydrogen-bond donors (Lipinski definition) is 1. The van der Waals surface area contributed by atoms with Gasteiger partial charge in [-0.1, -0.05) is 0 Å². The number of nitrogens with zero attached hydrogens (tertiary/aromatic N) is 2. The van der Waals surface area contributed by atoms with E-state index in [2.05, 4.69) is 0 Å². The highest BCUT2D eigenvalue weighted by Gasteiger charge is 2.19. The van der Waals surface area contributed by atoms with Gasteiger partial charge >= 0.3 is 0 Å². The Balaban J connectivity index is 3.30. The molecule has 0 saturated heterocycles. The first-order chi connectivity index (χ1) is 7.47. The monoisotopic (exact) mass is 225 g/mol. The van der Waals surface area contributed by atoms with Crippen molar-refractivity contribution in [1.29, 1.82) is 0 Å². The zero-order valence-electron chi connectivity index (χ0n) is 8.84. The van der Waals surface area contributed by atoms with Crippen molar-refractivity contribution in [2.24, 2.45) is 5.73 Å². The van der Waals surface area contributed by atoms with Gasteiger partial charge in [0.15, 0.2) is 0 Å². The van der Waals surface area contributed by atoms with Gasteiger partial charge in [-0.05, 0) is 12.1 Å². The van der Waals surface area contributed by atoms with Crippen LogP contribution in [0, 0.1) is 10.1 Å². The first-order valence-corrected chi connectivity index (χ1v) is 4.33. The molecule has 0 spiro atoms. The number of rotatable bonds is 4. The summed E-state index contributed by atoms with van der Waals surface area (Å²) in [5, 5.41) is 12.0. The minimum absolute atomic E-state index is 0.0833. The molecule has 0 aliphatic rings. The lowest BCUT2D eigenvalue weighted by molar-refractivity contribution is -0.384. The second-order valence-electron chi connectivity index (χ2n) is 3.00. The van der Waals surface area contributed by atoms with E-state index in [1.165, 1.54) is 31.4 Å². The third kappa shape index (κ3) is 2.26. The van der Waals surface area contributed by atoms with Crippen molar-refractivity contribution in [3.63, 3.8) is 0 Å². The van der Waals surface area contributed by atoms with Crippen LogP contribution in [0.3, 0.4) is 0 Å². The van der Waals surface area contributed by atoms with Crippen LogP contribution in [0.25, 0.3) is 0 Å². The normalized spacial score (nSPS) is 9.88. The molecule has 16 heavy (non-hydrogen) atoms. The molecule has 0 radical (unpaired) electrons. The molecule has 0 aliphatic heterocycles. The largest absolute Gasteiger partial charge is 0.366 e. The van der Waals surface area contributed by atoms with E-state index in [0.717, 1.165) is 6.07 Å². The lowest BCUT2D eigenvalue weighted by atomic mass is 10.1. The van der Waals surface area contributed by atoms with Crippen molar-refractivity contribution in [3.8, 4) is 0 Å². The van der Waals surface area contributed by atoms with Gasteiger partial charge in [0.1, 0.15) is 5.69 Å². The lowest BCUT2D eigenvalue weighted by Gasteiger charge is -2.15. The van der Waals surface area contributed by atoms with E-state index in [1.54, 1.807) is 0 Å². The molecule has 1 amide bonds. The Bertz CT molecular complexity index is 433. The maximum Gasteiger partial charge on any atom is 0.295 e. The fourth-order valence-corrected chi connectivity index (χ4v) is 1.19. The molecule has 0 heterocycles. The maximum absolute atomic E-state index is 10.9. The number of carbonyl (C=O) groups excluding carboxylic acids is 1. The van der Waals surface area contributed by atoms with Crippen molar-refractivity contribution >= 4 is 17.3 Å². The van der Waals surface area contributed by atoms with E-state index >= 15 is 0 Å². The number of hydroxylamine groups is 1. The Morgan fingerprint density at radius 3 is 2.62 bits per heavy atom. The van der Waals surface area contributed by atoms with Crippen LogP contribution in [-0.2, 0) is 4.84 Å². The molecule has 7 nitrogen and oxygen atoms in total. The molecule has 2 N–H and O–H groups in total. The van der Waals surface area contributed by atoms with Crippen LogP contribution in [0.1, 0.15) is 10.4 Å². The summed E-state index contributed by atoms with van der Waals surface area (Å²) in [6, 6.07) is 3.93. The quantitative estimate of drug-likeness (QED) is 0.600. The molecule has 0 fully saturated rings. The Labute approximate surface area is 91.5 Å². The second-order valence-corrected chi connectivity index (χ2v) is 3.00. The summed E-state index contributed by atoms with van der Waals surface area (Å²) in [5.41, 5.74) is 5.13. The van der Waals surface area contributed by atoms with Crippen LogP contribution < -0.4 is 10.8 Å². The summed E-state index contributed by atoms with van der Waals surface area (Å²) in [7, 11) is 2.90. The number of primary amides is 1. The van der Waals surface area contributed by atoms with Crippen molar-refractivity contribution in [2.45, 2.75) is 0 Å². The van der Waals surface area contributed by atoms with Crippen LogP contribution in [0.2, 0.25) is 0 Å². The number of benzene rings is 1. The van der Waals surface area contributed by atoms with Gasteiger partial charge in [-0.3, -0.25) is 24.8 Å². The molecule has 1 aromatic rings. The van der Waals surface area contributed by atoms with Crippen molar-refractivity contribution < 1.29 is 14.6 Å². The summed E-state index contributed by atoms with van der Waals surface area (Å²) in [6.07, 6.45) is 0. The highest BCUT2D eigenvalue weighted by atomic mass is 16.7. The maximum atomic E-state index is 10.9. The standard InChI is InChI=1S/C9H11N3O4/c1-11(16-2)7-4-3-6(9(10)13)5-8(7)12(14)15/h3-5H,1-2H3,(H2,10,13). The van der Waals surface area contributed by atoms with E-state index in [0.29, 0.717) is 0 Å². The third-order valence-corrected chi connectivity index (χ3v) is 2.07. The predicted molar refractivity (Wildman–Crippen MR) is 57.0 cm³/mol. The second kappa shape index (κ2) is 4.58. The number of hydrogen-bond acceptors (Lipinski definition) is 5. The van der Waals surface area contributed by atoms with E-state index < -0.39 is 10.8 Å². The fourth-order valence-electron chi connectivity index (χ4n) is 1.19. The molecule has 0 aliphatic carbocycles. The van der Waals surface area contributed by atoms with Gasteiger partial charge in [-0.15, -0.1) is 0 Å². The van der Waals surface area contributed by atoms with Crippen LogP contribution in [0.5, 0.6) is 0 Å². The number of nitro benzene ring substituents is 1. The minimum Gasteiger partial charge on any atom is -0.366 e. The third-order valence-electron chi connectivity index (χ3n) is 2.07. The molecule has 7 heteroatoms. The Hall–Kier alpha value is -2.15. The zero-order valence-corrected chi connectivity index (χ0v) is 8.84. The van der Waals surface area contributed by atoms with Gasteiger partial charge < -0.3 is 5.73 Å². The van der Waals surface area contributed by atoms with E-state index in [-0.39, 0.29) is 16.9 Å². The molecular weight excluding hydrogens is 214 g/mol. The molecular formula is C9H11N3O4. The predicted octanol–water partition coefficient (Wildman–Crippen LogP) is 0.691. The summed E-state index contributed by atoms with van der Waals surface area (Å²) >= 11 is 0. The number of carbonyl (C=O) groups is 1. The zero-order chi connectivity index (χ0) is 12.3. The van der Waals surface area contributed by atoms with Gasteiger partial charge in [0.05, 0.1) is 12.0 Å².